The van der Waals surface area contributed by atoms with Crippen molar-refractivity contribution in [3.8, 4) is 0 Å². The number of Topliss-reactive ketones (excluding diaryl/α,β-unsaturated/α-hetero) is 2. The standard InChI is InChI=1S/C27H19Cl5FNO3/c1-13(35)6-15-7-14(2-5-22(15)33)8-23(36)20-12-19(3-4-21(20)30)34-26(37)25-24(27(25,31)32)16-9-17(28)11-18(29)10-16/h2-5,7,9-12,24-25H,6,8H2,1H3,(H,34,37). The van der Waals surface area contributed by atoms with Crippen molar-refractivity contribution in [3.05, 3.63) is 97.7 Å². The quantitative estimate of drug-likeness (QED) is 0.211. The lowest BCUT2D eigenvalue weighted by molar-refractivity contribution is -0.117. The summed E-state index contributed by atoms with van der Waals surface area (Å²) in [6, 6.07) is 13.6. The van der Waals surface area contributed by atoms with Gasteiger partial charge < -0.3 is 5.32 Å². The lowest BCUT2D eigenvalue weighted by Crippen LogP contribution is -2.17. The normalized spacial score (nSPS) is 17.8. The van der Waals surface area contributed by atoms with Gasteiger partial charge in [-0.25, -0.2) is 4.39 Å². The van der Waals surface area contributed by atoms with Crippen LogP contribution in [0, 0.1) is 11.7 Å². The lowest BCUT2D eigenvalue weighted by atomic mass is 9.99. The zero-order valence-corrected chi connectivity index (χ0v) is 23.0. The number of nitrogens with one attached hydrogen (secondary N) is 1. The average Bonchev–Trinajstić information content (AvgIpc) is 3.38. The van der Waals surface area contributed by atoms with Crippen molar-refractivity contribution < 1.29 is 18.8 Å². The molecule has 192 valence electrons. The predicted octanol–water partition coefficient (Wildman–Crippen LogP) is 7.87. The van der Waals surface area contributed by atoms with Gasteiger partial charge in [0, 0.05) is 40.1 Å². The van der Waals surface area contributed by atoms with Crippen molar-refractivity contribution in [2.24, 2.45) is 5.92 Å². The molecular formula is C27H19Cl5FNO3. The predicted molar refractivity (Wildman–Crippen MR) is 146 cm³/mol. The van der Waals surface area contributed by atoms with E-state index in [4.69, 9.17) is 58.0 Å². The molecule has 1 saturated carbocycles. The average molecular weight is 602 g/mol. The minimum Gasteiger partial charge on any atom is -0.326 e. The van der Waals surface area contributed by atoms with E-state index in [2.05, 4.69) is 5.32 Å². The molecule has 1 amide bonds. The summed E-state index contributed by atoms with van der Waals surface area (Å²) in [5, 5.41) is 3.72. The van der Waals surface area contributed by atoms with Crippen LogP contribution in [-0.4, -0.2) is 21.8 Å². The molecule has 0 bridgehead atoms. The number of amides is 1. The van der Waals surface area contributed by atoms with Crippen LogP contribution in [0.5, 0.6) is 0 Å². The molecule has 37 heavy (non-hydrogen) atoms. The first-order valence-corrected chi connectivity index (χ1v) is 13.0. The van der Waals surface area contributed by atoms with E-state index in [1.807, 2.05) is 0 Å². The number of rotatable bonds is 8. The molecule has 4 nitrogen and oxygen atoms in total. The summed E-state index contributed by atoms with van der Waals surface area (Å²) in [7, 11) is 0. The first-order chi connectivity index (χ1) is 17.4. The Hall–Kier alpha value is -2.15. The highest BCUT2D eigenvalue weighted by molar-refractivity contribution is 6.53. The van der Waals surface area contributed by atoms with Gasteiger partial charge >= 0.3 is 0 Å². The van der Waals surface area contributed by atoms with Gasteiger partial charge in [0.25, 0.3) is 0 Å². The molecule has 2 unspecified atom stereocenters. The number of benzene rings is 3. The Labute approximate surface area is 238 Å². The van der Waals surface area contributed by atoms with Crippen LogP contribution in [0.15, 0.2) is 54.6 Å². The molecule has 1 N–H and O–H groups in total. The van der Waals surface area contributed by atoms with E-state index in [9.17, 15) is 18.8 Å². The molecule has 0 aromatic heterocycles. The Bertz CT molecular complexity index is 1400. The van der Waals surface area contributed by atoms with E-state index in [0.717, 1.165) is 0 Å². The van der Waals surface area contributed by atoms with Crippen molar-refractivity contribution in [1.82, 2.24) is 0 Å². The van der Waals surface area contributed by atoms with Crippen LogP contribution in [0.1, 0.15) is 39.9 Å². The van der Waals surface area contributed by atoms with Gasteiger partial charge in [0.05, 0.1) is 10.9 Å². The third-order valence-corrected chi connectivity index (χ3v) is 7.73. The molecular weight excluding hydrogens is 583 g/mol. The zero-order valence-electron chi connectivity index (χ0n) is 19.3. The number of hydrogen-bond acceptors (Lipinski definition) is 3. The van der Waals surface area contributed by atoms with Crippen LogP contribution >= 0.6 is 58.0 Å². The first kappa shape index (κ1) is 27.9. The summed E-state index contributed by atoms with van der Waals surface area (Å²) in [4.78, 5) is 37.4. The maximum absolute atomic E-state index is 14.0. The Morgan fingerprint density at radius 1 is 0.919 bits per heavy atom. The fourth-order valence-electron chi connectivity index (χ4n) is 4.28. The summed E-state index contributed by atoms with van der Waals surface area (Å²) in [5.41, 5.74) is 1.89. The van der Waals surface area contributed by atoms with Gasteiger partial charge in [-0.2, -0.15) is 0 Å². The van der Waals surface area contributed by atoms with Crippen molar-refractivity contribution in [3.63, 3.8) is 0 Å². The minimum absolute atomic E-state index is 0.0671. The summed E-state index contributed by atoms with van der Waals surface area (Å²) >= 11 is 31.3. The van der Waals surface area contributed by atoms with Gasteiger partial charge in [-0.3, -0.25) is 14.4 Å². The third-order valence-electron chi connectivity index (χ3n) is 6.03. The van der Waals surface area contributed by atoms with E-state index in [1.165, 1.54) is 37.3 Å². The van der Waals surface area contributed by atoms with Crippen LogP contribution in [0.25, 0.3) is 0 Å². The molecule has 3 aromatic rings. The first-order valence-electron chi connectivity index (χ1n) is 11.1. The summed E-state index contributed by atoms with van der Waals surface area (Å²) in [6.45, 7) is 1.36. The van der Waals surface area contributed by atoms with E-state index in [1.54, 1.807) is 24.3 Å². The van der Waals surface area contributed by atoms with Gasteiger partial charge in [0.2, 0.25) is 5.91 Å². The number of ketones is 2. The molecule has 0 aliphatic heterocycles. The fourth-order valence-corrected chi connectivity index (χ4v) is 5.88. The van der Waals surface area contributed by atoms with Crippen LogP contribution in [-0.2, 0) is 22.4 Å². The van der Waals surface area contributed by atoms with Gasteiger partial charge in [-0.15, -0.1) is 23.2 Å². The molecule has 2 atom stereocenters. The largest absolute Gasteiger partial charge is 0.326 e. The Kier molecular flexibility index (Phi) is 8.22. The number of anilines is 1. The molecule has 4 rings (SSSR count). The third kappa shape index (κ3) is 6.30. The number of carbonyl (C=O) groups is 3. The molecule has 1 aliphatic rings. The SMILES string of the molecule is CC(=O)Cc1cc(CC(=O)c2cc(NC(=O)C3C(c4cc(Cl)cc(Cl)c4)C3(Cl)Cl)ccc2Cl)ccc1F. The van der Waals surface area contributed by atoms with Crippen LogP contribution in [0.2, 0.25) is 15.1 Å². The van der Waals surface area contributed by atoms with E-state index >= 15 is 0 Å². The number of halogens is 6. The van der Waals surface area contributed by atoms with Crippen LogP contribution in [0.3, 0.4) is 0 Å². The van der Waals surface area contributed by atoms with Gasteiger partial charge in [0.15, 0.2) is 5.78 Å². The fraction of sp³-hybridized carbons (Fsp3) is 0.222. The monoisotopic (exact) mass is 599 g/mol. The van der Waals surface area contributed by atoms with E-state index < -0.39 is 27.9 Å². The zero-order chi connectivity index (χ0) is 27.1. The molecule has 0 heterocycles. The van der Waals surface area contributed by atoms with Crippen molar-refractivity contribution in [1.29, 1.82) is 0 Å². The van der Waals surface area contributed by atoms with Crippen molar-refractivity contribution in [2.45, 2.75) is 30.0 Å². The number of hydrogen-bond donors (Lipinski definition) is 1. The summed E-state index contributed by atoms with van der Waals surface area (Å²) in [6.07, 6.45) is -0.142. The van der Waals surface area contributed by atoms with Crippen LogP contribution in [0.4, 0.5) is 10.1 Å². The Balaban J connectivity index is 1.50. The second-order valence-corrected chi connectivity index (χ2v) is 11.6. The lowest BCUT2D eigenvalue weighted by Gasteiger charge is -2.10. The highest BCUT2D eigenvalue weighted by atomic mass is 35.5. The molecule has 3 aromatic carbocycles. The molecule has 10 heteroatoms. The summed E-state index contributed by atoms with van der Waals surface area (Å²) in [5.74, 6) is -2.80. The highest BCUT2D eigenvalue weighted by Gasteiger charge is 2.67. The molecule has 1 aliphatic carbocycles. The molecule has 0 spiro atoms. The van der Waals surface area contributed by atoms with E-state index in [-0.39, 0.29) is 40.6 Å². The molecule has 1 fully saturated rings. The highest BCUT2D eigenvalue weighted by Crippen LogP contribution is 2.65. The minimum atomic E-state index is -1.36. The van der Waals surface area contributed by atoms with Gasteiger partial charge in [-0.05, 0) is 66.1 Å². The smallest absolute Gasteiger partial charge is 0.231 e. The second-order valence-electron chi connectivity index (χ2n) is 8.92. The van der Waals surface area contributed by atoms with E-state index in [0.29, 0.717) is 26.9 Å². The van der Waals surface area contributed by atoms with Gasteiger partial charge in [0.1, 0.15) is 15.9 Å². The van der Waals surface area contributed by atoms with Crippen LogP contribution < -0.4 is 5.32 Å². The summed E-state index contributed by atoms with van der Waals surface area (Å²) < 4.78 is 12.6. The van der Waals surface area contributed by atoms with Crippen molar-refractivity contribution in [2.75, 3.05) is 5.32 Å². The topological polar surface area (TPSA) is 63.2 Å². The maximum atomic E-state index is 14.0. The Morgan fingerprint density at radius 3 is 2.24 bits per heavy atom. The number of carbonyl (C=O) groups excluding carboxylic acids is 3. The Morgan fingerprint density at radius 2 is 1.59 bits per heavy atom. The number of alkyl halides is 2. The second kappa shape index (κ2) is 10.9. The molecule has 0 radical (unpaired) electrons. The maximum Gasteiger partial charge on any atom is 0.231 e. The molecule has 0 saturated heterocycles. The van der Waals surface area contributed by atoms with Crippen molar-refractivity contribution >= 4 is 81.2 Å². The van der Waals surface area contributed by atoms with Gasteiger partial charge in [-0.1, -0.05) is 46.9 Å².